The number of ether oxygens (including phenoxy) is 4. The number of esters is 3. The van der Waals surface area contributed by atoms with Crippen LogP contribution in [0.25, 0.3) is 0 Å². The Bertz CT molecular complexity index is 584. The Morgan fingerprint density at radius 1 is 0.647 bits per heavy atom. The SMILES string of the molecule is CCOCCC(F)(F)C(F)(F)CC(SCC(=O)OCC)(SCC(=O)OCC)SCC(=O)OCC. The smallest absolute Gasteiger partial charge is 0.315 e. The molecule has 0 aliphatic rings. The lowest BCUT2D eigenvalue weighted by Crippen LogP contribution is -2.46. The highest BCUT2D eigenvalue weighted by molar-refractivity contribution is 8.34. The third-order valence-electron chi connectivity index (χ3n) is 3.88. The molecule has 0 saturated carbocycles. The first-order chi connectivity index (χ1) is 15.9. The highest BCUT2D eigenvalue weighted by atomic mass is 32.3. The van der Waals surface area contributed by atoms with Crippen LogP contribution in [0.4, 0.5) is 17.6 Å². The molecular weight excluding hydrogens is 524 g/mol. The van der Waals surface area contributed by atoms with E-state index >= 15 is 0 Å². The minimum Gasteiger partial charge on any atom is -0.465 e. The molecule has 0 spiro atoms. The molecule has 0 radical (unpaired) electrons. The maximum Gasteiger partial charge on any atom is 0.315 e. The molecule has 200 valence electrons. The molecule has 0 aromatic heterocycles. The van der Waals surface area contributed by atoms with E-state index < -0.39 is 69.9 Å². The molecule has 7 nitrogen and oxygen atoms in total. The standard InChI is InChI=1S/C20H32F4O7S3/c1-5-28-10-9-18(21,22)19(23,24)14-20(32-11-15(25)29-6-2,33-12-16(26)30-7-3)34-13-17(27)31-8-4/h5-14H2,1-4H3. The summed E-state index contributed by atoms with van der Waals surface area (Å²) in [5.41, 5.74) is 0. The molecule has 34 heavy (non-hydrogen) atoms. The normalized spacial score (nSPS) is 12.4. The highest BCUT2D eigenvalue weighted by Crippen LogP contribution is 2.56. The van der Waals surface area contributed by atoms with Gasteiger partial charge in [-0.15, -0.1) is 35.3 Å². The van der Waals surface area contributed by atoms with Gasteiger partial charge >= 0.3 is 29.8 Å². The molecule has 0 rings (SSSR count). The van der Waals surface area contributed by atoms with Crippen LogP contribution in [-0.4, -0.2) is 83.5 Å². The van der Waals surface area contributed by atoms with Crippen molar-refractivity contribution in [3.05, 3.63) is 0 Å². The molecule has 0 aliphatic heterocycles. The molecule has 0 N–H and O–H groups in total. The first-order valence-electron chi connectivity index (χ1n) is 10.6. The summed E-state index contributed by atoms with van der Waals surface area (Å²) in [5.74, 6) is -12.6. The summed E-state index contributed by atoms with van der Waals surface area (Å²) >= 11 is 1.80. The zero-order chi connectivity index (χ0) is 26.3. The van der Waals surface area contributed by atoms with E-state index in [9.17, 15) is 31.9 Å². The fourth-order valence-electron chi connectivity index (χ4n) is 2.32. The second kappa shape index (κ2) is 16.7. The van der Waals surface area contributed by atoms with Crippen LogP contribution in [-0.2, 0) is 33.3 Å². The first-order valence-corrected chi connectivity index (χ1v) is 13.6. The van der Waals surface area contributed by atoms with Crippen LogP contribution in [0.3, 0.4) is 0 Å². The summed E-state index contributed by atoms with van der Waals surface area (Å²) in [6, 6.07) is 0. The fourth-order valence-corrected chi connectivity index (χ4v) is 6.50. The van der Waals surface area contributed by atoms with Crippen molar-refractivity contribution in [2.75, 3.05) is 50.3 Å². The second-order valence-electron chi connectivity index (χ2n) is 6.50. The molecule has 0 saturated heterocycles. The zero-order valence-corrected chi connectivity index (χ0v) is 22.1. The van der Waals surface area contributed by atoms with Crippen molar-refractivity contribution in [3.63, 3.8) is 0 Å². The lowest BCUT2D eigenvalue weighted by Gasteiger charge is -2.37. The minimum absolute atomic E-state index is 0.0317. The van der Waals surface area contributed by atoms with Crippen LogP contribution in [0.1, 0.15) is 40.5 Å². The second-order valence-corrected chi connectivity index (χ2v) is 11.1. The number of alkyl halides is 4. The van der Waals surface area contributed by atoms with Gasteiger partial charge in [0.05, 0.1) is 50.1 Å². The van der Waals surface area contributed by atoms with Crippen molar-refractivity contribution in [2.24, 2.45) is 0 Å². The molecule has 0 fully saturated rings. The predicted octanol–water partition coefficient (Wildman–Crippen LogP) is 4.62. The van der Waals surface area contributed by atoms with Gasteiger partial charge in [0.15, 0.2) is 0 Å². The molecule has 0 aliphatic carbocycles. The van der Waals surface area contributed by atoms with Crippen LogP contribution in [0.2, 0.25) is 0 Å². The van der Waals surface area contributed by atoms with E-state index in [1.165, 1.54) is 0 Å². The Balaban J connectivity index is 5.97. The molecule has 0 atom stereocenters. The summed E-state index contributed by atoms with van der Waals surface area (Å²) in [5, 5.41) is 0. The monoisotopic (exact) mass is 556 g/mol. The maximum absolute atomic E-state index is 14.9. The number of thioether (sulfide) groups is 3. The van der Waals surface area contributed by atoms with E-state index in [1.807, 2.05) is 0 Å². The van der Waals surface area contributed by atoms with E-state index in [0.29, 0.717) is 35.3 Å². The van der Waals surface area contributed by atoms with Gasteiger partial charge in [0.2, 0.25) is 0 Å². The summed E-state index contributed by atoms with van der Waals surface area (Å²) in [6.07, 6.45) is -2.67. The Morgan fingerprint density at radius 3 is 1.35 bits per heavy atom. The summed E-state index contributed by atoms with van der Waals surface area (Å²) in [7, 11) is 0. The quantitative estimate of drug-likeness (QED) is 0.0739. The van der Waals surface area contributed by atoms with Crippen molar-refractivity contribution in [2.45, 2.75) is 55.8 Å². The largest absolute Gasteiger partial charge is 0.465 e. The Labute approximate surface area is 210 Å². The average Bonchev–Trinajstić information content (AvgIpc) is 2.75. The van der Waals surface area contributed by atoms with Crippen molar-refractivity contribution >= 4 is 53.2 Å². The van der Waals surface area contributed by atoms with Crippen molar-refractivity contribution in [1.82, 2.24) is 0 Å². The van der Waals surface area contributed by atoms with Crippen molar-refractivity contribution in [3.8, 4) is 0 Å². The number of rotatable bonds is 19. The van der Waals surface area contributed by atoms with E-state index in [0.717, 1.165) is 0 Å². The van der Waals surface area contributed by atoms with E-state index in [1.54, 1.807) is 27.7 Å². The van der Waals surface area contributed by atoms with Gasteiger partial charge in [0, 0.05) is 13.0 Å². The topological polar surface area (TPSA) is 88.1 Å². The van der Waals surface area contributed by atoms with Gasteiger partial charge in [-0.05, 0) is 27.7 Å². The van der Waals surface area contributed by atoms with Crippen LogP contribution in [0.5, 0.6) is 0 Å². The van der Waals surface area contributed by atoms with E-state index in [2.05, 4.69) is 0 Å². The van der Waals surface area contributed by atoms with Crippen molar-refractivity contribution in [1.29, 1.82) is 0 Å². The van der Waals surface area contributed by atoms with Gasteiger partial charge in [-0.2, -0.15) is 17.6 Å². The van der Waals surface area contributed by atoms with Crippen LogP contribution < -0.4 is 0 Å². The van der Waals surface area contributed by atoms with E-state index in [-0.39, 0.29) is 26.4 Å². The van der Waals surface area contributed by atoms with Gasteiger partial charge < -0.3 is 18.9 Å². The number of carbonyl (C=O) groups is 3. The van der Waals surface area contributed by atoms with Gasteiger partial charge in [-0.3, -0.25) is 14.4 Å². The average molecular weight is 557 g/mol. The molecule has 0 aromatic rings. The predicted molar refractivity (Wildman–Crippen MR) is 126 cm³/mol. The van der Waals surface area contributed by atoms with Gasteiger partial charge in [-0.25, -0.2) is 0 Å². The van der Waals surface area contributed by atoms with Crippen LogP contribution >= 0.6 is 35.3 Å². The molecule has 0 aromatic carbocycles. The molecule has 14 heteroatoms. The Kier molecular flexibility index (Phi) is 16.3. The van der Waals surface area contributed by atoms with Crippen LogP contribution in [0.15, 0.2) is 0 Å². The van der Waals surface area contributed by atoms with Gasteiger partial charge in [0.25, 0.3) is 0 Å². The molecule has 0 amide bonds. The molecule has 0 unspecified atom stereocenters. The number of halogens is 4. The molecule has 0 heterocycles. The third-order valence-corrected chi connectivity index (χ3v) is 8.90. The lowest BCUT2D eigenvalue weighted by molar-refractivity contribution is -0.218. The summed E-state index contributed by atoms with van der Waals surface area (Å²) in [4.78, 5) is 35.7. The lowest BCUT2D eigenvalue weighted by atomic mass is 10.1. The van der Waals surface area contributed by atoms with Crippen LogP contribution in [0, 0.1) is 0 Å². The molecule has 0 bridgehead atoms. The van der Waals surface area contributed by atoms with Gasteiger partial charge in [-0.1, -0.05) is 0 Å². The fraction of sp³-hybridized carbons (Fsp3) is 0.850. The maximum atomic E-state index is 14.9. The number of hydrogen-bond acceptors (Lipinski definition) is 10. The summed E-state index contributed by atoms with van der Waals surface area (Å²) < 4.78 is 76.2. The van der Waals surface area contributed by atoms with Crippen molar-refractivity contribution < 1.29 is 50.9 Å². The number of hydrogen-bond donors (Lipinski definition) is 0. The molecular formula is C20H32F4O7S3. The van der Waals surface area contributed by atoms with Gasteiger partial charge in [0.1, 0.15) is 3.41 Å². The zero-order valence-electron chi connectivity index (χ0n) is 19.7. The first kappa shape index (κ1) is 33.1. The Morgan fingerprint density at radius 2 is 1.03 bits per heavy atom. The highest BCUT2D eigenvalue weighted by Gasteiger charge is 2.59. The van der Waals surface area contributed by atoms with E-state index in [4.69, 9.17) is 18.9 Å². The Hall–Kier alpha value is -0.860. The third kappa shape index (κ3) is 12.7. The summed E-state index contributed by atoms with van der Waals surface area (Å²) in [6.45, 7) is 5.80. The minimum atomic E-state index is -4.55. The number of carbonyl (C=O) groups excluding carboxylic acids is 3.